The summed E-state index contributed by atoms with van der Waals surface area (Å²) >= 11 is 0. The molecule has 11 nitrogen and oxygen atoms in total. The van der Waals surface area contributed by atoms with Crippen molar-refractivity contribution in [2.24, 2.45) is 7.05 Å². The highest BCUT2D eigenvalue weighted by molar-refractivity contribution is 6.06. The number of nitrogens with one attached hydrogen (secondary N) is 3. The van der Waals surface area contributed by atoms with Gasteiger partial charge in [-0.15, -0.1) is 5.10 Å². The Kier molecular flexibility index (Phi) is 6.30. The van der Waals surface area contributed by atoms with E-state index >= 15 is 0 Å². The van der Waals surface area contributed by atoms with Crippen LogP contribution in [0.4, 0.5) is 11.4 Å². The Morgan fingerprint density at radius 2 is 1.92 bits per heavy atom. The summed E-state index contributed by atoms with van der Waals surface area (Å²) in [6.45, 7) is 3.16. The van der Waals surface area contributed by atoms with Gasteiger partial charge in [0.15, 0.2) is 0 Å². The zero-order valence-corrected chi connectivity index (χ0v) is 22.4. The molecule has 0 unspecified atom stereocenters. The fourth-order valence-electron chi connectivity index (χ4n) is 5.78. The number of likely N-dealkylation sites (tertiary alicyclic amines) is 1. The smallest absolute Gasteiger partial charge is 0.257 e. The maximum absolute atomic E-state index is 13.1. The number of carbonyl (C=O) groups excluding carboxylic acids is 2. The second-order valence-corrected chi connectivity index (χ2v) is 10.5. The molecule has 2 fully saturated rings. The van der Waals surface area contributed by atoms with Crippen molar-refractivity contribution >= 4 is 34.2 Å². The first-order valence-corrected chi connectivity index (χ1v) is 13.2. The van der Waals surface area contributed by atoms with E-state index in [0.717, 1.165) is 29.6 Å². The Balaban J connectivity index is 1.15. The molecule has 6 rings (SSSR count). The quantitative estimate of drug-likeness (QED) is 0.332. The highest BCUT2D eigenvalue weighted by Gasteiger charge is 2.45. The van der Waals surface area contributed by atoms with E-state index in [2.05, 4.69) is 35.6 Å². The van der Waals surface area contributed by atoms with Crippen molar-refractivity contribution in [3.8, 4) is 17.1 Å². The molecule has 3 N–H and O–H groups in total. The number of fused-ring (bicyclic) bond motifs is 1. The normalized spacial score (nSPS) is 16.4. The number of hydrogen-bond donors (Lipinski definition) is 3. The largest absolute Gasteiger partial charge is 0.479 e. The number of amides is 2. The van der Waals surface area contributed by atoms with Gasteiger partial charge in [0.2, 0.25) is 11.8 Å². The summed E-state index contributed by atoms with van der Waals surface area (Å²) in [5, 5.41) is 11.0. The summed E-state index contributed by atoms with van der Waals surface area (Å²) in [6.07, 6.45) is 11.0. The number of hydrogen-bond acceptors (Lipinski definition) is 7. The summed E-state index contributed by atoms with van der Waals surface area (Å²) < 4.78 is 7.05. The number of carbonyl (C=O) groups is 2. The lowest BCUT2D eigenvalue weighted by Gasteiger charge is -2.45. The zero-order chi connectivity index (χ0) is 27.1. The number of nitrogens with zero attached hydrogens (tertiary/aromatic N) is 5. The molecule has 4 aromatic heterocycles. The lowest BCUT2D eigenvalue weighted by Crippen LogP contribution is -2.51. The molecule has 1 saturated carbocycles. The fourth-order valence-corrected chi connectivity index (χ4v) is 5.78. The van der Waals surface area contributed by atoms with Crippen LogP contribution in [0, 0.1) is 6.92 Å². The number of aromatic nitrogens is 5. The average molecular weight is 529 g/mol. The summed E-state index contributed by atoms with van der Waals surface area (Å²) in [6, 6.07) is 5.44. The van der Waals surface area contributed by atoms with Crippen molar-refractivity contribution in [1.29, 1.82) is 0 Å². The van der Waals surface area contributed by atoms with Crippen LogP contribution in [-0.2, 0) is 11.8 Å². The SMILES string of the molecule is COc1nn(C)cc1-c1cc2cc(C(=O)Nc3cc(NC(=O)CN4CCCC45CCC5)cnc3C)cnc2[nH]1. The third-order valence-electron chi connectivity index (χ3n) is 7.99. The molecular weight excluding hydrogens is 496 g/mol. The second-order valence-electron chi connectivity index (χ2n) is 10.5. The van der Waals surface area contributed by atoms with Crippen LogP contribution in [0.1, 0.15) is 48.2 Å². The average Bonchev–Trinajstić information content (AvgIpc) is 3.61. The van der Waals surface area contributed by atoms with Gasteiger partial charge in [0.05, 0.1) is 53.7 Å². The van der Waals surface area contributed by atoms with E-state index in [1.54, 1.807) is 30.1 Å². The first kappa shape index (κ1) is 25.1. The van der Waals surface area contributed by atoms with E-state index < -0.39 is 0 Å². The van der Waals surface area contributed by atoms with Gasteiger partial charge < -0.3 is 20.4 Å². The second kappa shape index (κ2) is 9.81. The predicted octanol–water partition coefficient (Wildman–Crippen LogP) is 3.88. The summed E-state index contributed by atoms with van der Waals surface area (Å²) in [7, 11) is 3.40. The van der Waals surface area contributed by atoms with Crippen molar-refractivity contribution < 1.29 is 14.3 Å². The number of aromatic amines is 1. The third-order valence-corrected chi connectivity index (χ3v) is 7.99. The van der Waals surface area contributed by atoms with Crippen LogP contribution in [0.2, 0.25) is 0 Å². The van der Waals surface area contributed by atoms with Crippen LogP contribution < -0.4 is 15.4 Å². The Bertz CT molecular complexity index is 1570. The van der Waals surface area contributed by atoms with Gasteiger partial charge in [-0.25, -0.2) is 4.98 Å². The van der Waals surface area contributed by atoms with Crippen LogP contribution in [-0.4, -0.2) is 67.2 Å². The molecule has 1 saturated heterocycles. The molecule has 39 heavy (non-hydrogen) atoms. The van der Waals surface area contributed by atoms with E-state index in [4.69, 9.17) is 4.74 Å². The zero-order valence-electron chi connectivity index (χ0n) is 22.4. The van der Waals surface area contributed by atoms with E-state index in [-0.39, 0.29) is 17.4 Å². The van der Waals surface area contributed by atoms with Gasteiger partial charge in [0.25, 0.3) is 5.91 Å². The van der Waals surface area contributed by atoms with Crippen molar-refractivity contribution in [3.05, 3.63) is 48.0 Å². The lowest BCUT2D eigenvalue weighted by atomic mass is 9.75. The van der Waals surface area contributed by atoms with Crippen LogP contribution in [0.3, 0.4) is 0 Å². The highest BCUT2D eigenvalue weighted by atomic mass is 16.5. The van der Waals surface area contributed by atoms with E-state index in [1.165, 1.54) is 31.9 Å². The first-order valence-electron chi connectivity index (χ1n) is 13.2. The van der Waals surface area contributed by atoms with Gasteiger partial charge in [-0.2, -0.15) is 0 Å². The van der Waals surface area contributed by atoms with E-state index in [1.807, 2.05) is 26.2 Å². The molecular formula is C28H32N8O3. The van der Waals surface area contributed by atoms with Gasteiger partial charge in [-0.05, 0) is 63.8 Å². The number of anilines is 2. The number of ether oxygens (including phenoxy) is 1. The minimum atomic E-state index is -0.316. The molecule has 2 amide bonds. The molecule has 4 aromatic rings. The summed E-state index contributed by atoms with van der Waals surface area (Å²) in [4.78, 5) is 40.4. The highest BCUT2D eigenvalue weighted by Crippen LogP contribution is 2.45. The monoisotopic (exact) mass is 528 g/mol. The molecule has 1 spiro atoms. The fraction of sp³-hybridized carbons (Fsp3) is 0.393. The number of aryl methyl sites for hydroxylation is 2. The summed E-state index contributed by atoms with van der Waals surface area (Å²) in [5.41, 5.74) is 4.62. The minimum absolute atomic E-state index is 0.0609. The molecule has 0 atom stereocenters. The van der Waals surface area contributed by atoms with Gasteiger partial charge in [0, 0.05) is 30.4 Å². The van der Waals surface area contributed by atoms with Crippen LogP contribution >= 0.6 is 0 Å². The number of methoxy groups -OCH3 is 1. The topological polar surface area (TPSA) is 130 Å². The number of H-pyrrole nitrogens is 1. The number of rotatable bonds is 7. The van der Waals surface area contributed by atoms with Crippen LogP contribution in [0.15, 0.2) is 36.8 Å². The Morgan fingerprint density at radius 3 is 2.69 bits per heavy atom. The Morgan fingerprint density at radius 1 is 1.10 bits per heavy atom. The van der Waals surface area contributed by atoms with Crippen LogP contribution in [0.25, 0.3) is 22.3 Å². The van der Waals surface area contributed by atoms with Crippen molar-refractivity contribution in [3.63, 3.8) is 0 Å². The molecule has 11 heteroatoms. The molecule has 0 aromatic carbocycles. The van der Waals surface area contributed by atoms with E-state index in [0.29, 0.717) is 40.7 Å². The molecule has 2 aliphatic rings. The molecule has 5 heterocycles. The van der Waals surface area contributed by atoms with Crippen molar-refractivity contribution in [2.45, 2.75) is 44.6 Å². The maximum atomic E-state index is 13.1. The lowest BCUT2D eigenvalue weighted by molar-refractivity contribution is -0.119. The minimum Gasteiger partial charge on any atom is -0.479 e. The Hall–Kier alpha value is -4.25. The Labute approximate surface area is 226 Å². The standard InChI is InChI=1S/C28H32N8O3/c1-17-22(12-20(14-29-17)31-24(37)16-36-9-5-8-28(36)6-4-7-28)33-26(38)19-10-18-11-23(32-25(18)30-13-19)21-15-35(2)34-27(21)39-3/h10-15H,4-9,16H2,1-3H3,(H,30,32)(H,31,37)(H,33,38). The van der Waals surface area contributed by atoms with Crippen molar-refractivity contribution in [2.75, 3.05) is 30.8 Å². The van der Waals surface area contributed by atoms with Gasteiger partial charge in [-0.1, -0.05) is 0 Å². The molecule has 1 aliphatic heterocycles. The number of pyridine rings is 2. The summed E-state index contributed by atoms with van der Waals surface area (Å²) in [5.74, 6) is 0.123. The molecule has 1 aliphatic carbocycles. The third kappa shape index (κ3) is 4.74. The van der Waals surface area contributed by atoms with Crippen LogP contribution in [0.5, 0.6) is 5.88 Å². The molecule has 202 valence electrons. The maximum Gasteiger partial charge on any atom is 0.257 e. The van der Waals surface area contributed by atoms with Gasteiger partial charge >= 0.3 is 0 Å². The molecule has 0 bridgehead atoms. The van der Waals surface area contributed by atoms with Gasteiger partial charge in [-0.3, -0.25) is 24.2 Å². The van der Waals surface area contributed by atoms with Crippen molar-refractivity contribution in [1.82, 2.24) is 29.6 Å². The molecule has 0 radical (unpaired) electrons. The predicted molar refractivity (Wildman–Crippen MR) is 148 cm³/mol. The van der Waals surface area contributed by atoms with E-state index in [9.17, 15) is 9.59 Å². The van der Waals surface area contributed by atoms with Gasteiger partial charge in [0.1, 0.15) is 5.65 Å². The first-order chi connectivity index (χ1) is 18.8.